The number of benzene rings is 1. The van der Waals surface area contributed by atoms with Gasteiger partial charge in [-0.1, -0.05) is 18.2 Å². The third-order valence-electron chi connectivity index (χ3n) is 3.58. The number of carbonyl (C=O) groups is 1. The molecule has 134 valence electrons. The van der Waals surface area contributed by atoms with Crippen LogP contribution in [0.5, 0.6) is 5.75 Å². The van der Waals surface area contributed by atoms with Gasteiger partial charge in [-0.2, -0.15) is 0 Å². The number of para-hydroxylation sites is 1. The van der Waals surface area contributed by atoms with Crippen LogP contribution in [0.4, 0.5) is 0 Å². The van der Waals surface area contributed by atoms with Crippen LogP contribution in [0.25, 0.3) is 6.08 Å². The Labute approximate surface area is 152 Å². The summed E-state index contributed by atoms with van der Waals surface area (Å²) in [5.74, 6) is 0.695. The number of hydrogen-bond donors (Lipinski definition) is 0. The second-order valence-electron chi connectivity index (χ2n) is 5.62. The standard InChI is InChI=1S/C19H24N2O3S/c1-15-20-17(14-25-15)13-24-18-8-5-4-7-16(18)9-10-19(22)21(2)11-6-12-23-3/h4-5,7-10,14H,6,11-13H2,1-3H3/b10-9+. The van der Waals surface area contributed by atoms with Crippen LogP contribution in [0.2, 0.25) is 0 Å². The van der Waals surface area contributed by atoms with Crippen molar-refractivity contribution in [3.05, 3.63) is 52.0 Å². The van der Waals surface area contributed by atoms with Gasteiger partial charge in [-0.15, -0.1) is 11.3 Å². The smallest absolute Gasteiger partial charge is 0.246 e. The Morgan fingerprint density at radius 2 is 2.16 bits per heavy atom. The average molecular weight is 360 g/mol. The second-order valence-corrected chi connectivity index (χ2v) is 6.69. The number of carbonyl (C=O) groups excluding carboxylic acids is 1. The van der Waals surface area contributed by atoms with Crippen molar-refractivity contribution in [2.45, 2.75) is 20.0 Å². The van der Waals surface area contributed by atoms with Crippen LogP contribution in [0.15, 0.2) is 35.7 Å². The molecule has 0 spiro atoms. The fourth-order valence-electron chi connectivity index (χ4n) is 2.22. The molecule has 2 aromatic rings. The Kier molecular flexibility index (Phi) is 7.63. The predicted octanol–water partition coefficient (Wildman–Crippen LogP) is 3.54. The number of ether oxygens (including phenoxy) is 2. The van der Waals surface area contributed by atoms with Crippen LogP contribution < -0.4 is 4.74 Å². The van der Waals surface area contributed by atoms with Crippen LogP contribution >= 0.6 is 11.3 Å². The molecule has 0 aliphatic heterocycles. The summed E-state index contributed by atoms with van der Waals surface area (Å²) in [6, 6.07) is 7.66. The molecular weight excluding hydrogens is 336 g/mol. The minimum absolute atomic E-state index is 0.0407. The lowest BCUT2D eigenvalue weighted by atomic mass is 10.2. The molecule has 2 rings (SSSR count). The van der Waals surface area contributed by atoms with Crippen molar-refractivity contribution < 1.29 is 14.3 Å². The number of thiazole rings is 1. The molecule has 0 saturated carbocycles. The maximum absolute atomic E-state index is 12.2. The normalized spacial score (nSPS) is 11.0. The molecule has 0 radical (unpaired) electrons. The molecule has 0 aliphatic rings. The Morgan fingerprint density at radius 1 is 1.36 bits per heavy atom. The molecule has 0 aliphatic carbocycles. The predicted molar refractivity (Wildman–Crippen MR) is 101 cm³/mol. The van der Waals surface area contributed by atoms with E-state index in [2.05, 4.69) is 4.98 Å². The highest BCUT2D eigenvalue weighted by Crippen LogP contribution is 2.21. The number of rotatable bonds is 9. The summed E-state index contributed by atoms with van der Waals surface area (Å²) in [5.41, 5.74) is 1.78. The number of aryl methyl sites for hydroxylation is 1. The molecule has 1 heterocycles. The Balaban J connectivity index is 1.95. The van der Waals surface area contributed by atoms with Crippen LogP contribution in [0.1, 0.15) is 22.7 Å². The molecule has 1 aromatic heterocycles. The van der Waals surface area contributed by atoms with Gasteiger partial charge in [0.05, 0.1) is 10.7 Å². The van der Waals surface area contributed by atoms with Gasteiger partial charge in [0.25, 0.3) is 0 Å². The fourth-order valence-corrected chi connectivity index (χ4v) is 2.82. The molecule has 0 N–H and O–H groups in total. The maximum atomic E-state index is 12.2. The highest BCUT2D eigenvalue weighted by atomic mass is 32.1. The van der Waals surface area contributed by atoms with E-state index in [0.717, 1.165) is 28.4 Å². The first-order valence-electron chi connectivity index (χ1n) is 8.15. The number of hydrogen-bond acceptors (Lipinski definition) is 5. The molecule has 0 bridgehead atoms. The molecule has 5 nitrogen and oxygen atoms in total. The van der Waals surface area contributed by atoms with E-state index < -0.39 is 0 Å². The van der Waals surface area contributed by atoms with Crippen molar-refractivity contribution in [1.82, 2.24) is 9.88 Å². The number of methoxy groups -OCH3 is 1. The van der Waals surface area contributed by atoms with Gasteiger partial charge < -0.3 is 14.4 Å². The number of aromatic nitrogens is 1. The lowest BCUT2D eigenvalue weighted by Crippen LogP contribution is -2.26. The van der Waals surface area contributed by atoms with Crippen molar-refractivity contribution in [3.63, 3.8) is 0 Å². The van der Waals surface area contributed by atoms with Crippen molar-refractivity contribution in [2.24, 2.45) is 0 Å². The number of amides is 1. The molecule has 0 unspecified atom stereocenters. The third-order valence-corrected chi connectivity index (χ3v) is 4.41. The van der Waals surface area contributed by atoms with E-state index in [9.17, 15) is 4.79 Å². The maximum Gasteiger partial charge on any atom is 0.246 e. The summed E-state index contributed by atoms with van der Waals surface area (Å²) in [4.78, 5) is 18.2. The molecule has 0 saturated heterocycles. The minimum Gasteiger partial charge on any atom is -0.487 e. The highest BCUT2D eigenvalue weighted by Gasteiger charge is 2.06. The monoisotopic (exact) mass is 360 g/mol. The van der Waals surface area contributed by atoms with Gasteiger partial charge in [-0.3, -0.25) is 4.79 Å². The van der Waals surface area contributed by atoms with E-state index in [0.29, 0.717) is 19.8 Å². The van der Waals surface area contributed by atoms with Gasteiger partial charge in [0.15, 0.2) is 0 Å². The molecule has 25 heavy (non-hydrogen) atoms. The Morgan fingerprint density at radius 3 is 2.88 bits per heavy atom. The fraction of sp³-hybridized carbons (Fsp3) is 0.368. The van der Waals surface area contributed by atoms with Crippen molar-refractivity contribution >= 4 is 23.3 Å². The Hall–Kier alpha value is -2.18. The molecule has 1 aromatic carbocycles. The molecule has 6 heteroatoms. The molecule has 0 atom stereocenters. The molecular formula is C19H24N2O3S. The van der Waals surface area contributed by atoms with Gasteiger partial charge in [0.1, 0.15) is 12.4 Å². The summed E-state index contributed by atoms with van der Waals surface area (Å²) in [7, 11) is 3.45. The van der Waals surface area contributed by atoms with Crippen LogP contribution in [-0.4, -0.2) is 43.1 Å². The summed E-state index contributed by atoms with van der Waals surface area (Å²) >= 11 is 1.60. The zero-order valence-electron chi connectivity index (χ0n) is 14.9. The van der Waals surface area contributed by atoms with Gasteiger partial charge >= 0.3 is 0 Å². The lowest BCUT2D eigenvalue weighted by molar-refractivity contribution is -0.124. The van der Waals surface area contributed by atoms with Crippen molar-refractivity contribution in [3.8, 4) is 5.75 Å². The quantitative estimate of drug-likeness (QED) is 0.507. The van der Waals surface area contributed by atoms with Crippen LogP contribution in [-0.2, 0) is 16.1 Å². The molecule has 0 fully saturated rings. The number of likely N-dealkylation sites (N-methyl/N-ethyl adjacent to an activating group) is 1. The zero-order chi connectivity index (χ0) is 18.1. The summed E-state index contributed by atoms with van der Waals surface area (Å²) < 4.78 is 10.9. The molecule has 1 amide bonds. The first-order valence-corrected chi connectivity index (χ1v) is 9.03. The first-order chi connectivity index (χ1) is 12.1. The Bertz CT molecular complexity index is 712. The van der Waals surface area contributed by atoms with Crippen LogP contribution in [0, 0.1) is 6.92 Å². The van der Waals surface area contributed by atoms with E-state index in [1.807, 2.05) is 36.6 Å². The third kappa shape index (κ3) is 6.32. The van der Waals surface area contributed by atoms with E-state index in [1.54, 1.807) is 42.5 Å². The van der Waals surface area contributed by atoms with Crippen molar-refractivity contribution in [2.75, 3.05) is 27.3 Å². The number of nitrogens with zero attached hydrogens (tertiary/aromatic N) is 2. The SMILES string of the molecule is COCCCN(C)C(=O)/C=C/c1ccccc1OCc1csc(C)n1. The van der Waals surface area contributed by atoms with Gasteiger partial charge in [-0.05, 0) is 25.5 Å². The van der Waals surface area contributed by atoms with E-state index in [-0.39, 0.29) is 5.91 Å². The van der Waals surface area contributed by atoms with Gasteiger partial charge in [-0.25, -0.2) is 4.98 Å². The second kappa shape index (κ2) is 9.96. The minimum atomic E-state index is -0.0407. The summed E-state index contributed by atoms with van der Waals surface area (Å²) in [6.07, 6.45) is 4.18. The van der Waals surface area contributed by atoms with Crippen molar-refractivity contribution in [1.29, 1.82) is 0 Å². The summed E-state index contributed by atoms with van der Waals surface area (Å²) in [6.45, 7) is 3.70. The van der Waals surface area contributed by atoms with Gasteiger partial charge in [0.2, 0.25) is 5.91 Å². The topological polar surface area (TPSA) is 51.7 Å². The highest BCUT2D eigenvalue weighted by molar-refractivity contribution is 7.09. The summed E-state index contributed by atoms with van der Waals surface area (Å²) in [5, 5.41) is 3.01. The largest absolute Gasteiger partial charge is 0.487 e. The zero-order valence-corrected chi connectivity index (χ0v) is 15.7. The first kappa shape index (κ1) is 19.1. The van der Waals surface area contributed by atoms with E-state index in [1.165, 1.54) is 0 Å². The van der Waals surface area contributed by atoms with E-state index >= 15 is 0 Å². The van der Waals surface area contributed by atoms with Gasteiger partial charge in [0, 0.05) is 44.3 Å². The van der Waals surface area contributed by atoms with Crippen LogP contribution in [0.3, 0.4) is 0 Å². The van der Waals surface area contributed by atoms with E-state index in [4.69, 9.17) is 9.47 Å². The average Bonchev–Trinajstić information content (AvgIpc) is 3.04. The lowest BCUT2D eigenvalue weighted by Gasteiger charge is -2.14.